The number of aliphatic carboxylic acids is 1. The van der Waals surface area contributed by atoms with Gasteiger partial charge in [0, 0.05) is 0 Å². The highest BCUT2D eigenvalue weighted by atomic mass is 16.5. The Bertz CT molecular complexity index is 737. The molecule has 2 aromatic carbocycles. The molecule has 0 saturated carbocycles. The molecule has 0 aliphatic rings. The van der Waals surface area contributed by atoms with E-state index in [4.69, 9.17) is 15.6 Å². The minimum absolute atomic E-state index is 0.388. The zero-order valence-corrected chi connectivity index (χ0v) is 13.8. The molecule has 0 aliphatic carbocycles. The second-order valence-corrected chi connectivity index (χ2v) is 5.92. The molecule has 0 bridgehead atoms. The number of carbonyl (C=O) groups excluding carboxylic acids is 1. The molecule has 0 heterocycles. The Morgan fingerprint density at radius 2 is 1.46 bits per heavy atom. The van der Waals surface area contributed by atoms with E-state index in [1.807, 2.05) is 19.1 Å². The minimum atomic E-state index is -1.35. The first-order valence-corrected chi connectivity index (χ1v) is 7.39. The van der Waals surface area contributed by atoms with Crippen LogP contribution < -0.4 is 15.4 Å². The van der Waals surface area contributed by atoms with E-state index in [9.17, 15) is 9.59 Å². The molecule has 0 spiro atoms. The van der Waals surface area contributed by atoms with Gasteiger partial charge in [-0.15, -0.1) is 0 Å². The lowest BCUT2D eigenvalue weighted by Crippen LogP contribution is -2.37. The molecule has 0 fully saturated rings. The standard InChI is InChI=1S/C18H20N2O4/c1-12-4-6-13(7-5-12)20(17(19)23)14-8-10-15(11-9-14)24-18(2,3)16(21)22/h4-11H,1-3H3,(H2,19,23)(H,21,22). The maximum Gasteiger partial charge on any atom is 0.347 e. The number of anilines is 2. The van der Waals surface area contributed by atoms with Crippen LogP contribution in [0.5, 0.6) is 5.75 Å². The third-order valence-corrected chi connectivity index (χ3v) is 3.50. The summed E-state index contributed by atoms with van der Waals surface area (Å²) in [5, 5.41) is 9.09. The molecule has 0 aromatic heterocycles. The Morgan fingerprint density at radius 3 is 1.88 bits per heavy atom. The zero-order chi connectivity index (χ0) is 17.9. The van der Waals surface area contributed by atoms with Gasteiger partial charge >= 0.3 is 12.0 Å². The summed E-state index contributed by atoms with van der Waals surface area (Å²) in [5.41, 5.74) is 6.43. The van der Waals surface area contributed by atoms with Crippen molar-refractivity contribution in [2.75, 3.05) is 4.90 Å². The second kappa shape index (κ2) is 6.62. The van der Waals surface area contributed by atoms with E-state index in [1.165, 1.54) is 18.7 Å². The summed E-state index contributed by atoms with van der Waals surface area (Å²) in [6.07, 6.45) is 0. The highest BCUT2D eigenvalue weighted by Gasteiger charge is 2.29. The van der Waals surface area contributed by atoms with Gasteiger partial charge < -0.3 is 15.6 Å². The van der Waals surface area contributed by atoms with Gasteiger partial charge in [0.25, 0.3) is 0 Å². The SMILES string of the molecule is Cc1ccc(N(C(N)=O)c2ccc(OC(C)(C)C(=O)O)cc2)cc1. The number of benzene rings is 2. The van der Waals surface area contributed by atoms with E-state index in [1.54, 1.807) is 36.4 Å². The molecule has 3 N–H and O–H groups in total. The van der Waals surface area contributed by atoms with E-state index in [2.05, 4.69) is 0 Å². The van der Waals surface area contributed by atoms with Gasteiger partial charge in [-0.2, -0.15) is 0 Å². The fourth-order valence-corrected chi connectivity index (χ4v) is 2.10. The van der Waals surface area contributed by atoms with Crippen molar-refractivity contribution in [3.05, 3.63) is 54.1 Å². The Labute approximate surface area is 140 Å². The molecule has 6 heteroatoms. The number of rotatable bonds is 5. The first-order chi connectivity index (χ1) is 11.2. The number of ether oxygens (including phenoxy) is 1. The van der Waals surface area contributed by atoms with Crippen LogP contribution in [0.25, 0.3) is 0 Å². The van der Waals surface area contributed by atoms with Crippen molar-refractivity contribution in [2.24, 2.45) is 5.73 Å². The molecule has 6 nitrogen and oxygen atoms in total. The number of urea groups is 1. The number of hydrogen-bond donors (Lipinski definition) is 2. The monoisotopic (exact) mass is 328 g/mol. The van der Waals surface area contributed by atoms with Crippen molar-refractivity contribution in [1.82, 2.24) is 0 Å². The van der Waals surface area contributed by atoms with Crippen molar-refractivity contribution < 1.29 is 19.4 Å². The predicted octanol–water partition coefficient (Wildman–Crippen LogP) is 3.45. The lowest BCUT2D eigenvalue weighted by atomic mass is 10.1. The highest BCUT2D eigenvalue weighted by Crippen LogP contribution is 2.28. The Morgan fingerprint density at radius 1 is 1.00 bits per heavy atom. The molecule has 2 amide bonds. The molecule has 2 aromatic rings. The van der Waals surface area contributed by atoms with Gasteiger partial charge in [0.05, 0.1) is 11.4 Å². The Kier molecular flexibility index (Phi) is 4.78. The second-order valence-electron chi connectivity index (χ2n) is 5.92. The van der Waals surface area contributed by atoms with Gasteiger partial charge in [-0.3, -0.25) is 4.90 Å². The number of primary amides is 1. The first-order valence-electron chi connectivity index (χ1n) is 7.39. The number of nitrogens with two attached hydrogens (primary N) is 1. The Balaban J connectivity index is 2.28. The Hall–Kier alpha value is -3.02. The molecule has 0 radical (unpaired) electrons. The average molecular weight is 328 g/mol. The average Bonchev–Trinajstić information content (AvgIpc) is 2.50. The molecule has 126 valence electrons. The van der Waals surface area contributed by atoms with Crippen molar-refractivity contribution in [2.45, 2.75) is 26.4 Å². The fourth-order valence-electron chi connectivity index (χ4n) is 2.10. The van der Waals surface area contributed by atoms with Crippen molar-refractivity contribution >= 4 is 23.4 Å². The molecule has 2 rings (SSSR count). The van der Waals surface area contributed by atoms with Gasteiger partial charge in [0.1, 0.15) is 5.75 Å². The quantitative estimate of drug-likeness (QED) is 0.879. The number of carboxylic acids is 1. The molecule has 0 atom stereocenters. The zero-order valence-electron chi connectivity index (χ0n) is 13.8. The van der Waals surface area contributed by atoms with Crippen LogP contribution in [0.3, 0.4) is 0 Å². The van der Waals surface area contributed by atoms with Crippen molar-refractivity contribution in [1.29, 1.82) is 0 Å². The predicted molar refractivity (Wildman–Crippen MR) is 91.7 cm³/mol. The van der Waals surface area contributed by atoms with Crippen molar-refractivity contribution in [3.8, 4) is 5.75 Å². The van der Waals surface area contributed by atoms with E-state index in [-0.39, 0.29) is 0 Å². The van der Waals surface area contributed by atoms with Gasteiger partial charge in [-0.05, 0) is 57.2 Å². The molecule has 0 unspecified atom stereocenters. The first kappa shape index (κ1) is 17.3. The summed E-state index contributed by atoms with van der Waals surface area (Å²) >= 11 is 0. The van der Waals surface area contributed by atoms with E-state index >= 15 is 0 Å². The van der Waals surface area contributed by atoms with Gasteiger partial charge in [-0.25, -0.2) is 9.59 Å². The van der Waals surface area contributed by atoms with Gasteiger partial charge in [0.2, 0.25) is 0 Å². The molecule has 0 aliphatic heterocycles. The van der Waals surface area contributed by atoms with Crippen LogP contribution in [0.15, 0.2) is 48.5 Å². The lowest BCUT2D eigenvalue weighted by Gasteiger charge is -2.23. The number of carbonyl (C=O) groups is 2. The summed E-state index contributed by atoms with van der Waals surface area (Å²) in [4.78, 5) is 24.3. The summed E-state index contributed by atoms with van der Waals surface area (Å²) in [7, 11) is 0. The van der Waals surface area contributed by atoms with Crippen LogP contribution in [-0.4, -0.2) is 22.7 Å². The van der Waals surface area contributed by atoms with Crippen LogP contribution >= 0.6 is 0 Å². The van der Waals surface area contributed by atoms with E-state index < -0.39 is 17.6 Å². The van der Waals surface area contributed by atoms with Crippen LogP contribution in [0.1, 0.15) is 19.4 Å². The molecule has 0 saturated heterocycles. The third kappa shape index (κ3) is 3.84. The fraction of sp³-hybridized carbons (Fsp3) is 0.222. The van der Waals surface area contributed by atoms with Crippen molar-refractivity contribution in [3.63, 3.8) is 0 Å². The highest BCUT2D eigenvalue weighted by molar-refractivity contribution is 5.98. The molecular weight excluding hydrogens is 308 g/mol. The molecule has 24 heavy (non-hydrogen) atoms. The summed E-state index contributed by atoms with van der Waals surface area (Å²) in [6.45, 7) is 4.88. The molecular formula is C18H20N2O4. The third-order valence-electron chi connectivity index (χ3n) is 3.50. The van der Waals surface area contributed by atoms with E-state index in [0.29, 0.717) is 17.1 Å². The maximum absolute atomic E-state index is 11.8. The number of amides is 2. The van der Waals surface area contributed by atoms with Crippen LogP contribution in [0.2, 0.25) is 0 Å². The summed E-state index contributed by atoms with van der Waals surface area (Å²) in [5.74, 6) is -0.676. The number of hydrogen-bond acceptors (Lipinski definition) is 3. The minimum Gasteiger partial charge on any atom is -0.478 e. The number of carboxylic acid groups (broad SMARTS) is 1. The van der Waals surface area contributed by atoms with Crippen LogP contribution in [0.4, 0.5) is 16.2 Å². The summed E-state index contributed by atoms with van der Waals surface area (Å²) in [6, 6.07) is 13.3. The van der Waals surface area contributed by atoms with Gasteiger partial charge in [0.15, 0.2) is 5.60 Å². The van der Waals surface area contributed by atoms with Crippen LogP contribution in [-0.2, 0) is 4.79 Å². The normalized spacial score (nSPS) is 11.0. The maximum atomic E-state index is 11.8. The summed E-state index contributed by atoms with van der Waals surface area (Å²) < 4.78 is 5.45. The largest absolute Gasteiger partial charge is 0.478 e. The van der Waals surface area contributed by atoms with E-state index in [0.717, 1.165) is 5.56 Å². The smallest absolute Gasteiger partial charge is 0.347 e. The lowest BCUT2D eigenvalue weighted by molar-refractivity contribution is -0.152. The van der Waals surface area contributed by atoms with Crippen LogP contribution in [0, 0.1) is 6.92 Å². The topological polar surface area (TPSA) is 92.9 Å². The number of aryl methyl sites for hydroxylation is 1. The van der Waals surface area contributed by atoms with Gasteiger partial charge in [-0.1, -0.05) is 17.7 Å². The number of nitrogens with zero attached hydrogens (tertiary/aromatic N) is 1.